The van der Waals surface area contributed by atoms with Gasteiger partial charge in [0, 0.05) is 62.1 Å². The molecule has 5 rings (SSSR count). The van der Waals surface area contributed by atoms with Crippen LogP contribution < -0.4 is 4.90 Å². The number of aryl methyl sites for hydroxylation is 1. The number of benzene rings is 1. The van der Waals surface area contributed by atoms with Crippen molar-refractivity contribution in [2.24, 2.45) is 0 Å². The Labute approximate surface area is 191 Å². The van der Waals surface area contributed by atoms with Gasteiger partial charge in [-0.25, -0.2) is 14.4 Å². The maximum absolute atomic E-state index is 14.0. The van der Waals surface area contributed by atoms with Crippen LogP contribution in [-0.4, -0.2) is 56.9 Å². The molecule has 0 unspecified atom stereocenters. The maximum Gasteiger partial charge on any atom is 0.225 e. The SMILES string of the molecule is O=C(CCCc1c(-c2ccccn2)[nH]c2ccc(F)cc12)N1CCN(c2ncccn2)CC1. The number of hydrogen-bond donors (Lipinski definition) is 1. The van der Waals surface area contributed by atoms with Crippen molar-refractivity contribution in [3.05, 3.63) is 72.4 Å². The average molecular weight is 445 g/mol. The van der Waals surface area contributed by atoms with Gasteiger partial charge in [-0.05, 0) is 54.8 Å². The molecule has 0 bridgehead atoms. The van der Waals surface area contributed by atoms with E-state index in [-0.39, 0.29) is 11.7 Å². The largest absolute Gasteiger partial charge is 0.353 e. The fraction of sp³-hybridized carbons (Fsp3) is 0.280. The fourth-order valence-electron chi connectivity index (χ4n) is 4.39. The number of halogens is 1. The molecule has 4 aromatic rings. The van der Waals surface area contributed by atoms with E-state index in [9.17, 15) is 9.18 Å². The minimum atomic E-state index is -0.272. The molecule has 1 N–H and O–H groups in total. The number of piperazine rings is 1. The second-order valence-corrected chi connectivity index (χ2v) is 8.15. The molecular formula is C25H25FN6O. The zero-order chi connectivity index (χ0) is 22.6. The summed E-state index contributed by atoms with van der Waals surface area (Å²) in [4.78, 5) is 33.3. The second-order valence-electron chi connectivity index (χ2n) is 8.15. The van der Waals surface area contributed by atoms with Gasteiger partial charge in [0.2, 0.25) is 11.9 Å². The van der Waals surface area contributed by atoms with Crippen LogP contribution in [0.15, 0.2) is 61.1 Å². The van der Waals surface area contributed by atoms with E-state index in [0.717, 1.165) is 40.9 Å². The molecule has 1 saturated heterocycles. The third-order valence-corrected chi connectivity index (χ3v) is 6.07. The number of fused-ring (bicyclic) bond motifs is 1. The summed E-state index contributed by atoms with van der Waals surface area (Å²) < 4.78 is 14.0. The van der Waals surface area contributed by atoms with E-state index in [1.165, 1.54) is 6.07 Å². The summed E-state index contributed by atoms with van der Waals surface area (Å²) in [6, 6.07) is 12.3. The predicted octanol–water partition coefficient (Wildman–Crippen LogP) is 3.83. The lowest BCUT2D eigenvalue weighted by atomic mass is 10.0. The van der Waals surface area contributed by atoms with Gasteiger partial charge in [-0.15, -0.1) is 0 Å². The summed E-state index contributed by atoms with van der Waals surface area (Å²) in [6.45, 7) is 2.77. The molecular weight excluding hydrogens is 419 g/mol. The smallest absolute Gasteiger partial charge is 0.225 e. The number of nitrogens with zero attached hydrogens (tertiary/aromatic N) is 5. The van der Waals surface area contributed by atoms with Crippen LogP contribution in [0.4, 0.5) is 10.3 Å². The standard InChI is InChI=1S/C25H25FN6O/c26-18-8-9-21-20(17-18)19(24(30-21)22-6-1-2-10-27-22)5-3-7-23(33)31-13-15-32(16-14-31)25-28-11-4-12-29-25/h1-2,4,6,8-12,17,30H,3,5,7,13-16H2. The van der Waals surface area contributed by atoms with Crippen molar-refractivity contribution < 1.29 is 9.18 Å². The number of rotatable bonds is 6. The number of carbonyl (C=O) groups is 1. The number of aromatic amines is 1. The van der Waals surface area contributed by atoms with Crippen molar-refractivity contribution in [1.82, 2.24) is 24.8 Å². The van der Waals surface area contributed by atoms with Crippen LogP contribution in [-0.2, 0) is 11.2 Å². The van der Waals surface area contributed by atoms with Crippen LogP contribution in [0.25, 0.3) is 22.3 Å². The van der Waals surface area contributed by atoms with E-state index in [1.807, 2.05) is 23.1 Å². The van der Waals surface area contributed by atoms with E-state index in [2.05, 4.69) is 24.8 Å². The van der Waals surface area contributed by atoms with Gasteiger partial charge in [-0.3, -0.25) is 9.78 Å². The molecule has 7 nitrogen and oxygen atoms in total. The first-order valence-electron chi connectivity index (χ1n) is 11.2. The average Bonchev–Trinajstić information content (AvgIpc) is 3.23. The van der Waals surface area contributed by atoms with Crippen LogP contribution in [0.2, 0.25) is 0 Å². The highest BCUT2D eigenvalue weighted by Crippen LogP contribution is 2.31. The van der Waals surface area contributed by atoms with Gasteiger partial charge in [0.25, 0.3) is 0 Å². The van der Waals surface area contributed by atoms with E-state index >= 15 is 0 Å². The van der Waals surface area contributed by atoms with E-state index in [4.69, 9.17) is 0 Å². The Kier molecular flexibility index (Phi) is 5.97. The van der Waals surface area contributed by atoms with E-state index in [0.29, 0.717) is 38.3 Å². The molecule has 0 spiro atoms. The van der Waals surface area contributed by atoms with Gasteiger partial charge < -0.3 is 14.8 Å². The molecule has 0 aliphatic carbocycles. The van der Waals surface area contributed by atoms with Gasteiger partial charge in [0.1, 0.15) is 5.82 Å². The molecule has 0 saturated carbocycles. The normalized spacial score (nSPS) is 14.1. The predicted molar refractivity (Wildman–Crippen MR) is 125 cm³/mol. The lowest BCUT2D eigenvalue weighted by Gasteiger charge is -2.34. The molecule has 1 aliphatic rings. The maximum atomic E-state index is 14.0. The van der Waals surface area contributed by atoms with E-state index in [1.54, 1.807) is 36.8 Å². The van der Waals surface area contributed by atoms with Crippen LogP contribution in [0.1, 0.15) is 18.4 Å². The van der Waals surface area contributed by atoms with Crippen LogP contribution >= 0.6 is 0 Å². The number of amides is 1. The van der Waals surface area contributed by atoms with Crippen molar-refractivity contribution in [2.45, 2.75) is 19.3 Å². The van der Waals surface area contributed by atoms with Gasteiger partial charge in [-0.1, -0.05) is 6.07 Å². The molecule has 8 heteroatoms. The molecule has 168 valence electrons. The first-order chi connectivity index (χ1) is 16.2. The van der Waals surface area contributed by atoms with Gasteiger partial charge >= 0.3 is 0 Å². The Morgan fingerprint density at radius 3 is 2.52 bits per heavy atom. The summed E-state index contributed by atoms with van der Waals surface area (Å²) in [7, 11) is 0. The second kappa shape index (κ2) is 9.36. The van der Waals surface area contributed by atoms with Crippen molar-refractivity contribution in [1.29, 1.82) is 0 Å². The molecule has 0 atom stereocenters. The molecule has 3 aromatic heterocycles. The summed E-state index contributed by atoms with van der Waals surface area (Å²) in [5.74, 6) is 0.582. The van der Waals surface area contributed by atoms with Crippen molar-refractivity contribution in [3.8, 4) is 11.4 Å². The number of aromatic nitrogens is 4. The Morgan fingerprint density at radius 2 is 1.76 bits per heavy atom. The minimum absolute atomic E-state index is 0.147. The summed E-state index contributed by atoms with van der Waals surface area (Å²) in [5.41, 5.74) is 3.58. The summed E-state index contributed by atoms with van der Waals surface area (Å²) in [6.07, 6.45) is 7.01. The van der Waals surface area contributed by atoms with Crippen molar-refractivity contribution >= 4 is 22.8 Å². The number of pyridine rings is 1. The third kappa shape index (κ3) is 4.55. The number of carbonyl (C=O) groups excluding carboxylic acids is 1. The zero-order valence-electron chi connectivity index (χ0n) is 18.2. The van der Waals surface area contributed by atoms with Crippen LogP contribution in [0, 0.1) is 5.82 Å². The van der Waals surface area contributed by atoms with Crippen LogP contribution in [0.5, 0.6) is 0 Å². The van der Waals surface area contributed by atoms with Crippen molar-refractivity contribution in [3.63, 3.8) is 0 Å². The van der Waals surface area contributed by atoms with Gasteiger partial charge in [0.05, 0.1) is 11.4 Å². The fourth-order valence-corrected chi connectivity index (χ4v) is 4.39. The van der Waals surface area contributed by atoms with Gasteiger partial charge in [0.15, 0.2) is 0 Å². The molecule has 1 aromatic carbocycles. The molecule has 4 heterocycles. The number of hydrogen-bond acceptors (Lipinski definition) is 5. The Balaban J connectivity index is 1.24. The number of nitrogens with one attached hydrogen (secondary N) is 1. The molecule has 0 radical (unpaired) electrons. The molecule has 1 fully saturated rings. The highest BCUT2D eigenvalue weighted by Gasteiger charge is 2.22. The summed E-state index contributed by atoms with van der Waals surface area (Å²) >= 11 is 0. The first kappa shape index (κ1) is 21.1. The molecule has 1 amide bonds. The minimum Gasteiger partial charge on any atom is -0.353 e. The monoisotopic (exact) mass is 444 g/mol. The number of anilines is 1. The van der Waals surface area contributed by atoms with Crippen molar-refractivity contribution in [2.75, 3.05) is 31.1 Å². The zero-order valence-corrected chi connectivity index (χ0v) is 18.2. The lowest BCUT2D eigenvalue weighted by molar-refractivity contribution is -0.131. The lowest BCUT2D eigenvalue weighted by Crippen LogP contribution is -2.49. The molecule has 33 heavy (non-hydrogen) atoms. The topological polar surface area (TPSA) is 78.0 Å². The first-order valence-corrected chi connectivity index (χ1v) is 11.2. The number of H-pyrrole nitrogens is 1. The Bertz CT molecular complexity index is 1240. The van der Waals surface area contributed by atoms with Gasteiger partial charge in [-0.2, -0.15) is 0 Å². The highest BCUT2D eigenvalue weighted by molar-refractivity contribution is 5.90. The quantitative estimate of drug-likeness (QED) is 0.489. The Morgan fingerprint density at radius 1 is 0.970 bits per heavy atom. The Hall–Kier alpha value is -3.81. The highest BCUT2D eigenvalue weighted by atomic mass is 19.1. The third-order valence-electron chi connectivity index (χ3n) is 6.07. The van der Waals surface area contributed by atoms with E-state index < -0.39 is 0 Å². The van der Waals surface area contributed by atoms with Crippen LogP contribution in [0.3, 0.4) is 0 Å². The summed E-state index contributed by atoms with van der Waals surface area (Å²) in [5, 5.41) is 0.847. The molecule has 1 aliphatic heterocycles.